The molecule has 0 aliphatic carbocycles. The van der Waals surface area contributed by atoms with Gasteiger partial charge in [-0.2, -0.15) is 15.2 Å². The number of benzene rings is 1. The number of nitrogens with one attached hydrogen (secondary N) is 2. The Kier molecular flexibility index (Phi) is 4.41. The molecule has 3 aromatic heterocycles. The van der Waals surface area contributed by atoms with Crippen LogP contribution >= 0.6 is 0 Å². The summed E-state index contributed by atoms with van der Waals surface area (Å²) in [6.45, 7) is 3.11. The van der Waals surface area contributed by atoms with Gasteiger partial charge >= 0.3 is 6.01 Å². The maximum absolute atomic E-state index is 15.7. The van der Waals surface area contributed by atoms with Crippen LogP contribution in [0.3, 0.4) is 0 Å². The Balaban J connectivity index is 1.75. The standard InChI is InChI=1S/C21H18FN7O/c1-30-21-27-19-14(20(28-21)29-7-5-24-6-8-29)11-26-18(17(19)22)13-10-25-15-4-2-3-12(9-23)16(13)15/h2-4,10-11,24-25H,5-8H2,1H3. The van der Waals surface area contributed by atoms with Crippen LogP contribution in [0.2, 0.25) is 0 Å². The van der Waals surface area contributed by atoms with E-state index in [2.05, 4.69) is 36.2 Å². The Morgan fingerprint density at radius 1 is 1.23 bits per heavy atom. The first-order chi connectivity index (χ1) is 14.7. The number of hydrogen-bond donors (Lipinski definition) is 2. The molecule has 8 nitrogen and oxygen atoms in total. The molecule has 4 heterocycles. The number of fused-ring (bicyclic) bond motifs is 2. The van der Waals surface area contributed by atoms with Crippen molar-refractivity contribution in [2.45, 2.75) is 0 Å². The molecule has 0 bridgehead atoms. The van der Waals surface area contributed by atoms with Crippen LogP contribution < -0.4 is 15.0 Å². The van der Waals surface area contributed by atoms with Crippen LogP contribution in [-0.4, -0.2) is 53.2 Å². The lowest BCUT2D eigenvalue weighted by Crippen LogP contribution is -2.44. The second kappa shape index (κ2) is 7.24. The van der Waals surface area contributed by atoms with Crippen LogP contribution in [-0.2, 0) is 0 Å². The molecule has 9 heteroatoms. The van der Waals surface area contributed by atoms with Gasteiger partial charge in [0.05, 0.1) is 24.1 Å². The summed E-state index contributed by atoms with van der Waals surface area (Å²) >= 11 is 0. The molecule has 0 atom stereocenters. The minimum absolute atomic E-state index is 0.101. The fraction of sp³-hybridized carbons (Fsp3) is 0.238. The van der Waals surface area contributed by atoms with Crippen molar-refractivity contribution in [2.75, 3.05) is 38.2 Å². The van der Waals surface area contributed by atoms with Crippen molar-refractivity contribution in [3.8, 4) is 23.3 Å². The zero-order chi connectivity index (χ0) is 20.7. The topological polar surface area (TPSA) is 103 Å². The summed E-state index contributed by atoms with van der Waals surface area (Å²) in [6.07, 6.45) is 3.26. The largest absolute Gasteiger partial charge is 0.467 e. The highest BCUT2D eigenvalue weighted by atomic mass is 19.1. The van der Waals surface area contributed by atoms with Crippen LogP contribution in [0.4, 0.5) is 10.2 Å². The van der Waals surface area contributed by atoms with Crippen molar-refractivity contribution >= 4 is 27.6 Å². The summed E-state index contributed by atoms with van der Waals surface area (Å²) in [5.74, 6) is 0.0335. The molecule has 0 amide bonds. The number of nitrogens with zero attached hydrogens (tertiary/aromatic N) is 5. The van der Waals surface area contributed by atoms with E-state index >= 15 is 4.39 Å². The molecule has 4 aromatic rings. The van der Waals surface area contributed by atoms with Gasteiger partial charge in [-0.25, -0.2) is 4.39 Å². The van der Waals surface area contributed by atoms with E-state index in [1.165, 1.54) is 7.11 Å². The summed E-state index contributed by atoms with van der Waals surface area (Å²) in [4.78, 5) is 18.3. The fourth-order valence-corrected chi connectivity index (χ4v) is 3.88. The number of anilines is 1. The third-order valence-electron chi connectivity index (χ3n) is 5.32. The van der Waals surface area contributed by atoms with Crippen LogP contribution in [0.15, 0.2) is 30.6 Å². The summed E-state index contributed by atoms with van der Waals surface area (Å²) in [5.41, 5.74) is 1.98. The second-order valence-corrected chi connectivity index (χ2v) is 7.00. The number of methoxy groups -OCH3 is 1. The zero-order valence-electron chi connectivity index (χ0n) is 16.2. The van der Waals surface area contributed by atoms with E-state index in [9.17, 15) is 5.26 Å². The van der Waals surface area contributed by atoms with E-state index in [0.29, 0.717) is 27.7 Å². The Hall–Kier alpha value is -3.77. The van der Waals surface area contributed by atoms with Gasteiger partial charge in [0, 0.05) is 55.0 Å². The fourth-order valence-electron chi connectivity index (χ4n) is 3.88. The van der Waals surface area contributed by atoms with Gasteiger partial charge in [-0.3, -0.25) is 4.98 Å². The Labute approximate surface area is 171 Å². The third-order valence-corrected chi connectivity index (χ3v) is 5.32. The normalized spacial score (nSPS) is 14.2. The molecule has 0 unspecified atom stereocenters. The third kappa shape index (κ3) is 2.81. The first-order valence-electron chi connectivity index (χ1n) is 9.57. The lowest BCUT2D eigenvalue weighted by atomic mass is 10.0. The summed E-state index contributed by atoms with van der Waals surface area (Å²) in [5, 5.41) is 13.9. The first-order valence-corrected chi connectivity index (χ1v) is 9.57. The van der Waals surface area contributed by atoms with E-state index in [1.54, 1.807) is 24.5 Å². The number of pyridine rings is 1. The van der Waals surface area contributed by atoms with Gasteiger partial charge in [0.25, 0.3) is 0 Å². The smallest absolute Gasteiger partial charge is 0.318 e. The SMILES string of the molecule is COc1nc(N2CCNCC2)c2cnc(-c3c[nH]c4cccc(C#N)c34)c(F)c2n1. The van der Waals surface area contributed by atoms with Crippen LogP contribution in [0, 0.1) is 17.1 Å². The monoisotopic (exact) mass is 403 g/mol. The molecule has 0 spiro atoms. The van der Waals surface area contributed by atoms with Gasteiger partial charge in [0.2, 0.25) is 0 Å². The van der Waals surface area contributed by atoms with Gasteiger partial charge in [-0.1, -0.05) is 6.07 Å². The van der Waals surface area contributed by atoms with Gasteiger partial charge in [0.1, 0.15) is 17.0 Å². The second-order valence-electron chi connectivity index (χ2n) is 7.00. The van der Waals surface area contributed by atoms with Gasteiger partial charge in [-0.15, -0.1) is 0 Å². The quantitative estimate of drug-likeness (QED) is 0.542. The molecule has 1 aromatic carbocycles. The predicted molar refractivity (Wildman–Crippen MR) is 111 cm³/mol. The number of H-pyrrole nitrogens is 1. The molecular formula is C21H18FN7O. The first kappa shape index (κ1) is 18.3. The molecule has 0 saturated carbocycles. The van der Waals surface area contributed by atoms with Crippen LogP contribution in [0.5, 0.6) is 6.01 Å². The Morgan fingerprint density at radius 2 is 2.07 bits per heavy atom. The molecule has 5 rings (SSSR count). The van der Waals surface area contributed by atoms with E-state index in [4.69, 9.17) is 4.74 Å². The number of nitriles is 1. The maximum Gasteiger partial charge on any atom is 0.318 e. The molecule has 2 N–H and O–H groups in total. The average Bonchev–Trinajstić information content (AvgIpc) is 3.23. The van der Waals surface area contributed by atoms with Crippen LogP contribution in [0.1, 0.15) is 5.56 Å². The number of hydrogen-bond acceptors (Lipinski definition) is 7. The lowest BCUT2D eigenvalue weighted by molar-refractivity contribution is 0.381. The van der Waals surface area contributed by atoms with E-state index < -0.39 is 5.82 Å². The molecule has 1 aliphatic heterocycles. The highest BCUT2D eigenvalue weighted by Crippen LogP contribution is 2.35. The number of aromatic nitrogens is 4. The minimum atomic E-state index is -0.571. The zero-order valence-corrected chi connectivity index (χ0v) is 16.2. The van der Waals surface area contributed by atoms with E-state index in [1.807, 2.05) is 6.07 Å². The summed E-state index contributed by atoms with van der Waals surface area (Å²) < 4.78 is 21.0. The predicted octanol–water partition coefficient (Wildman–Crippen LogP) is 2.60. The van der Waals surface area contributed by atoms with E-state index in [-0.39, 0.29) is 17.2 Å². The molecule has 30 heavy (non-hydrogen) atoms. The molecule has 150 valence electrons. The number of ether oxygens (including phenoxy) is 1. The number of piperazine rings is 1. The molecule has 0 radical (unpaired) electrons. The molecular weight excluding hydrogens is 385 g/mol. The molecule has 1 saturated heterocycles. The number of rotatable bonds is 3. The van der Waals surface area contributed by atoms with Gasteiger partial charge in [0.15, 0.2) is 5.82 Å². The van der Waals surface area contributed by atoms with Crippen molar-refractivity contribution in [1.82, 2.24) is 25.3 Å². The van der Waals surface area contributed by atoms with Gasteiger partial charge in [-0.05, 0) is 12.1 Å². The maximum atomic E-state index is 15.7. The summed E-state index contributed by atoms with van der Waals surface area (Å²) in [7, 11) is 1.46. The number of halogens is 1. The highest BCUT2D eigenvalue weighted by Gasteiger charge is 2.23. The summed E-state index contributed by atoms with van der Waals surface area (Å²) in [6, 6.07) is 7.59. The average molecular weight is 403 g/mol. The molecule has 1 aliphatic rings. The molecule has 1 fully saturated rings. The highest BCUT2D eigenvalue weighted by molar-refractivity contribution is 6.01. The van der Waals surface area contributed by atoms with Crippen molar-refractivity contribution < 1.29 is 9.13 Å². The Bertz CT molecular complexity index is 1300. The van der Waals surface area contributed by atoms with Crippen molar-refractivity contribution in [2.24, 2.45) is 0 Å². The van der Waals surface area contributed by atoms with Gasteiger partial charge < -0.3 is 19.9 Å². The van der Waals surface area contributed by atoms with Crippen molar-refractivity contribution in [1.29, 1.82) is 5.26 Å². The van der Waals surface area contributed by atoms with Crippen molar-refractivity contribution in [3.05, 3.63) is 42.0 Å². The Morgan fingerprint density at radius 3 is 2.83 bits per heavy atom. The number of aromatic amines is 1. The van der Waals surface area contributed by atoms with E-state index in [0.717, 1.165) is 31.7 Å². The lowest BCUT2D eigenvalue weighted by Gasteiger charge is -2.29. The van der Waals surface area contributed by atoms with Crippen LogP contribution in [0.25, 0.3) is 33.1 Å². The van der Waals surface area contributed by atoms with Crippen molar-refractivity contribution in [3.63, 3.8) is 0 Å². The minimum Gasteiger partial charge on any atom is -0.467 e.